The molecule has 2 N–H and O–H groups in total. The third kappa shape index (κ3) is 4.83. The van der Waals surface area contributed by atoms with Crippen molar-refractivity contribution >= 4 is 5.96 Å². The van der Waals surface area contributed by atoms with Gasteiger partial charge in [0.25, 0.3) is 0 Å². The van der Waals surface area contributed by atoms with Gasteiger partial charge >= 0.3 is 0 Å². The number of rotatable bonds is 6. The zero-order valence-corrected chi connectivity index (χ0v) is 15.2. The molecule has 1 atom stereocenters. The van der Waals surface area contributed by atoms with Gasteiger partial charge in [0.2, 0.25) is 0 Å². The molecule has 0 aliphatic rings. The number of aryl methyl sites for hydroxylation is 2. The van der Waals surface area contributed by atoms with Crippen molar-refractivity contribution in [1.82, 2.24) is 25.3 Å². The van der Waals surface area contributed by atoms with Crippen molar-refractivity contribution in [2.75, 3.05) is 27.7 Å². The first-order chi connectivity index (χ1) is 11.5. The van der Waals surface area contributed by atoms with Crippen LogP contribution in [0, 0.1) is 6.92 Å². The summed E-state index contributed by atoms with van der Waals surface area (Å²) in [5.41, 5.74) is 3.74. The Labute approximate surface area is 144 Å². The van der Waals surface area contributed by atoms with Gasteiger partial charge in [-0.2, -0.15) is 5.10 Å². The Bertz CT molecular complexity index is 674. The first kappa shape index (κ1) is 18.0. The molecule has 0 amide bonds. The largest absolute Gasteiger partial charge is 0.354 e. The van der Waals surface area contributed by atoms with Crippen LogP contribution in [0.2, 0.25) is 0 Å². The van der Waals surface area contributed by atoms with Gasteiger partial charge in [-0.05, 0) is 32.1 Å². The topological polar surface area (TPSA) is 57.5 Å². The molecule has 0 spiro atoms. The summed E-state index contributed by atoms with van der Waals surface area (Å²) in [5, 5.41) is 11.1. The molecule has 1 aromatic carbocycles. The van der Waals surface area contributed by atoms with E-state index >= 15 is 0 Å². The Balaban J connectivity index is 1.93. The van der Waals surface area contributed by atoms with Gasteiger partial charge in [0.1, 0.15) is 0 Å². The first-order valence-corrected chi connectivity index (χ1v) is 8.15. The van der Waals surface area contributed by atoms with Gasteiger partial charge in [0, 0.05) is 38.9 Å². The second-order valence-corrected chi connectivity index (χ2v) is 6.16. The summed E-state index contributed by atoms with van der Waals surface area (Å²) in [4.78, 5) is 6.50. The van der Waals surface area contributed by atoms with E-state index in [-0.39, 0.29) is 6.04 Å². The number of benzene rings is 1. The Morgan fingerprint density at radius 2 is 2.04 bits per heavy atom. The molecule has 0 aliphatic carbocycles. The highest BCUT2D eigenvalue weighted by Crippen LogP contribution is 2.16. The summed E-state index contributed by atoms with van der Waals surface area (Å²) in [6.07, 6.45) is 3.96. The highest BCUT2D eigenvalue weighted by molar-refractivity contribution is 5.79. The van der Waals surface area contributed by atoms with Crippen molar-refractivity contribution in [2.24, 2.45) is 12.0 Å². The van der Waals surface area contributed by atoms with Crippen LogP contribution in [0.4, 0.5) is 0 Å². The van der Waals surface area contributed by atoms with Gasteiger partial charge in [-0.25, -0.2) is 0 Å². The first-order valence-electron chi connectivity index (χ1n) is 8.15. The van der Waals surface area contributed by atoms with Crippen LogP contribution < -0.4 is 10.6 Å². The van der Waals surface area contributed by atoms with Gasteiger partial charge in [-0.3, -0.25) is 9.67 Å². The molecule has 24 heavy (non-hydrogen) atoms. The van der Waals surface area contributed by atoms with E-state index < -0.39 is 0 Å². The summed E-state index contributed by atoms with van der Waals surface area (Å²) in [7, 11) is 7.87. The lowest BCUT2D eigenvalue weighted by atomic mass is 10.1. The monoisotopic (exact) mass is 328 g/mol. The minimum atomic E-state index is 0.232. The van der Waals surface area contributed by atoms with E-state index in [0.717, 1.165) is 19.0 Å². The van der Waals surface area contributed by atoms with E-state index in [1.807, 2.05) is 17.9 Å². The lowest BCUT2D eigenvalue weighted by Crippen LogP contribution is -2.41. The van der Waals surface area contributed by atoms with Crippen LogP contribution in [0.15, 0.2) is 41.7 Å². The number of nitrogens with zero attached hydrogens (tertiary/aromatic N) is 4. The third-order valence-corrected chi connectivity index (χ3v) is 4.13. The van der Waals surface area contributed by atoms with Crippen LogP contribution in [0.1, 0.15) is 22.7 Å². The van der Waals surface area contributed by atoms with Crippen LogP contribution >= 0.6 is 0 Å². The molecule has 0 aliphatic heterocycles. The standard InChI is InChI=1S/C18H28N6/c1-14-8-6-7-9-15(14)10-20-18(19-2)21-12-17(23(3)4)16-11-22-24(5)13-16/h6-9,11,13,17H,10,12H2,1-5H3,(H2,19,20,21). The van der Waals surface area contributed by atoms with E-state index in [1.54, 1.807) is 7.05 Å². The average molecular weight is 328 g/mol. The molecule has 1 unspecified atom stereocenters. The number of nitrogens with one attached hydrogen (secondary N) is 2. The maximum atomic E-state index is 4.32. The van der Waals surface area contributed by atoms with Crippen molar-refractivity contribution in [2.45, 2.75) is 19.5 Å². The van der Waals surface area contributed by atoms with Gasteiger partial charge in [0.05, 0.1) is 12.2 Å². The van der Waals surface area contributed by atoms with E-state index in [2.05, 4.69) is 77.1 Å². The summed E-state index contributed by atoms with van der Waals surface area (Å²) in [6, 6.07) is 8.60. The highest BCUT2D eigenvalue weighted by Gasteiger charge is 2.16. The van der Waals surface area contributed by atoms with E-state index in [0.29, 0.717) is 0 Å². The van der Waals surface area contributed by atoms with Gasteiger partial charge in [-0.1, -0.05) is 24.3 Å². The molecular weight excluding hydrogens is 300 g/mol. The maximum Gasteiger partial charge on any atom is 0.191 e. The van der Waals surface area contributed by atoms with Gasteiger partial charge < -0.3 is 15.5 Å². The number of likely N-dealkylation sites (N-methyl/N-ethyl adjacent to an activating group) is 1. The Hall–Kier alpha value is -2.34. The molecule has 130 valence electrons. The second-order valence-electron chi connectivity index (χ2n) is 6.16. The minimum Gasteiger partial charge on any atom is -0.354 e. The summed E-state index contributed by atoms with van der Waals surface area (Å²) in [6.45, 7) is 3.63. The molecule has 0 saturated heterocycles. The Morgan fingerprint density at radius 1 is 1.29 bits per heavy atom. The molecule has 1 heterocycles. The number of guanidine groups is 1. The van der Waals surface area contributed by atoms with Crippen molar-refractivity contribution in [3.8, 4) is 0 Å². The lowest BCUT2D eigenvalue weighted by Gasteiger charge is -2.24. The number of aliphatic imine (C=N–C) groups is 1. The number of aromatic nitrogens is 2. The van der Waals surface area contributed by atoms with Crippen LogP contribution in [-0.2, 0) is 13.6 Å². The molecule has 1 aromatic heterocycles. The molecular formula is C18H28N6. The molecule has 6 nitrogen and oxygen atoms in total. The zero-order chi connectivity index (χ0) is 17.5. The van der Waals surface area contributed by atoms with E-state index in [1.165, 1.54) is 16.7 Å². The van der Waals surface area contributed by atoms with Crippen molar-refractivity contribution in [3.05, 3.63) is 53.3 Å². The fourth-order valence-corrected chi connectivity index (χ4v) is 2.61. The van der Waals surface area contributed by atoms with Crippen LogP contribution in [-0.4, -0.2) is 48.3 Å². The van der Waals surface area contributed by atoms with Crippen LogP contribution in [0.25, 0.3) is 0 Å². The van der Waals surface area contributed by atoms with Crippen molar-refractivity contribution < 1.29 is 0 Å². The molecule has 0 bridgehead atoms. The van der Waals surface area contributed by atoms with Gasteiger partial charge in [0.15, 0.2) is 5.96 Å². The van der Waals surface area contributed by atoms with E-state index in [9.17, 15) is 0 Å². The molecule has 0 saturated carbocycles. The number of hydrogen-bond donors (Lipinski definition) is 2. The Morgan fingerprint density at radius 3 is 2.62 bits per heavy atom. The second kappa shape index (κ2) is 8.49. The summed E-state index contributed by atoms with van der Waals surface area (Å²) in [5.74, 6) is 0.800. The fraction of sp³-hybridized carbons (Fsp3) is 0.444. The maximum absolute atomic E-state index is 4.32. The van der Waals surface area contributed by atoms with Gasteiger partial charge in [-0.15, -0.1) is 0 Å². The molecule has 2 rings (SSSR count). The fourth-order valence-electron chi connectivity index (χ4n) is 2.61. The highest BCUT2D eigenvalue weighted by atomic mass is 15.3. The lowest BCUT2D eigenvalue weighted by molar-refractivity contribution is 0.298. The Kier molecular flexibility index (Phi) is 6.37. The summed E-state index contributed by atoms with van der Waals surface area (Å²) < 4.78 is 1.83. The number of hydrogen-bond acceptors (Lipinski definition) is 3. The molecule has 6 heteroatoms. The average Bonchev–Trinajstić information content (AvgIpc) is 2.98. The summed E-state index contributed by atoms with van der Waals surface area (Å²) >= 11 is 0. The van der Waals surface area contributed by atoms with Crippen molar-refractivity contribution in [3.63, 3.8) is 0 Å². The molecule has 0 radical (unpaired) electrons. The minimum absolute atomic E-state index is 0.232. The molecule has 0 fully saturated rings. The smallest absolute Gasteiger partial charge is 0.191 e. The predicted octanol–water partition coefficient (Wildman–Crippen LogP) is 1.70. The predicted molar refractivity (Wildman–Crippen MR) is 99.0 cm³/mol. The zero-order valence-electron chi connectivity index (χ0n) is 15.2. The van der Waals surface area contributed by atoms with Crippen LogP contribution in [0.3, 0.4) is 0 Å². The van der Waals surface area contributed by atoms with Crippen molar-refractivity contribution in [1.29, 1.82) is 0 Å². The third-order valence-electron chi connectivity index (χ3n) is 4.13. The SMILES string of the molecule is CN=C(NCc1ccccc1C)NCC(c1cnn(C)c1)N(C)C. The quantitative estimate of drug-likeness (QED) is 0.626. The normalized spacial score (nSPS) is 13.2. The van der Waals surface area contributed by atoms with Crippen LogP contribution in [0.5, 0.6) is 0 Å². The molecule has 2 aromatic rings. The van der Waals surface area contributed by atoms with E-state index in [4.69, 9.17) is 0 Å².